The van der Waals surface area contributed by atoms with Gasteiger partial charge in [0.2, 0.25) is 0 Å². The molecule has 0 aliphatic carbocycles. The topological polar surface area (TPSA) is 83.0 Å². The highest BCUT2D eigenvalue weighted by Crippen LogP contribution is 2.11. The molecule has 2 aromatic rings. The van der Waals surface area contributed by atoms with Crippen LogP contribution in [0.25, 0.3) is 0 Å². The smallest absolute Gasteiger partial charge is 0.274 e. The standard InChI is InChI=1S/C13H11ClN4O2/c14-12-5-4-11(16-17-12)13(19)18(7-2-6-15)9-10-3-1-8-20-10/h1,3-5,8H,2,7,9H2. The zero-order valence-electron chi connectivity index (χ0n) is 10.5. The summed E-state index contributed by atoms with van der Waals surface area (Å²) >= 11 is 5.64. The van der Waals surface area contributed by atoms with E-state index in [-0.39, 0.29) is 29.7 Å². The molecular formula is C13H11ClN4O2. The van der Waals surface area contributed by atoms with E-state index in [2.05, 4.69) is 10.2 Å². The SMILES string of the molecule is N#CCCN(Cc1ccco1)C(=O)c1ccc(Cl)nn1. The van der Waals surface area contributed by atoms with Gasteiger partial charge in [-0.3, -0.25) is 4.79 Å². The third-order valence-corrected chi connectivity index (χ3v) is 2.76. The average Bonchev–Trinajstić information content (AvgIpc) is 2.96. The van der Waals surface area contributed by atoms with Crippen molar-refractivity contribution in [1.29, 1.82) is 5.26 Å². The Labute approximate surface area is 120 Å². The maximum absolute atomic E-state index is 12.3. The van der Waals surface area contributed by atoms with Crippen LogP contribution < -0.4 is 0 Å². The summed E-state index contributed by atoms with van der Waals surface area (Å²) in [7, 11) is 0. The lowest BCUT2D eigenvalue weighted by atomic mass is 10.3. The van der Waals surface area contributed by atoms with Gasteiger partial charge in [0.15, 0.2) is 10.8 Å². The molecule has 0 N–H and O–H groups in total. The quantitative estimate of drug-likeness (QED) is 0.843. The van der Waals surface area contributed by atoms with Crippen molar-refractivity contribution in [3.05, 3.63) is 47.1 Å². The van der Waals surface area contributed by atoms with Crippen molar-refractivity contribution in [2.45, 2.75) is 13.0 Å². The maximum Gasteiger partial charge on any atom is 0.274 e. The van der Waals surface area contributed by atoms with E-state index >= 15 is 0 Å². The zero-order valence-corrected chi connectivity index (χ0v) is 11.2. The van der Waals surface area contributed by atoms with Gasteiger partial charge in [0, 0.05) is 6.54 Å². The number of hydrogen-bond donors (Lipinski definition) is 0. The molecule has 102 valence electrons. The lowest BCUT2D eigenvalue weighted by Gasteiger charge is -2.19. The second kappa shape index (κ2) is 6.68. The Morgan fingerprint density at radius 1 is 1.40 bits per heavy atom. The summed E-state index contributed by atoms with van der Waals surface area (Å²) in [6.07, 6.45) is 1.76. The molecule has 2 heterocycles. The highest BCUT2D eigenvalue weighted by molar-refractivity contribution is 6.29. The van der Waals surface area contributed by atoms with Gasteiger partial charge in [-0.2, -0.15) is 5.26 Å². The van der Waals surface area contributed by atoms with Gasteiger partial charge in [-0.1, -0.05) is 11.6 Å². The number of carbonyl (C=O) groups is 1. The largest absolute Gasteiger partial charge is 0.467 e. The van der Waals surface area contributed by atoms with Crippen LogP contribution in [0, 0.1) is 11.3 Å². The third-order valence-electron chi connectivity index (χ3n) is 2.56. The molecule has 0 aliphatic heterocycles. The molecule has 0 spiro atoms. The van der Waals surface area contributed by atoms with Gasteiger partial charge in [0.25, 0.3) is 5.91 Å². The molecule has 7 heteroatoms. The number of nitriles is 1. The summed E-state index contributed by atoms with van der Waals surface area (Å²) in [6.45, 7) is 0.568. The molecular weight excluding hydrogens is 280 g/mol. The number of carbonyl (C=O) groups excluding carboxylic acids is 1. The third kappa shape index (κ3) is 3.56. The maximum atomic E-state index is 12.3. The van der Waals surface area contributed by atoms with Crippen molar-refractivity contribution in [2.24, 2.45) is 0 Å². The van der Waals surface area contributed by atoms with Gasteiger partial charge in [-0.05, 0) is 24.3 Å². The fraction of sp³-hybridized carbons (Fsp3) is 0.231. The minimum absolute atomic E-state index is 0.180. The van der Waals surface area contributed by atoms with Crippen LogP contribution in [-0.2, 0) is 6.54 Å². The number of aromatic nitrogens is 2. The Bertz CT molecular complexity index is 604. The lowest BCUT2D eigenvalue weighted by molar-refractivity contribution is 0.0728. The average molecular weight is 291 g/mol. The summed E-state index contributed by atoms with van der Waals surface area (Å²) in [4.78, 5) is 13.8. The van der Waals surface area contributed by atoms with E-state index in [1.807, 2.05) is 6.07 Å². The van der Waals surface area contributed by atoms with Crippen molar-refractivity contribution in [3.63, 3.8) is 0 Å². The van der Waals surface area contributed by atoms with Crippen molar-refractivity contribution >= 4 is 17.5 Å². The molecule has 2 aromatic heterocycles. The fourth-order valence-corrected chi connectivity index (χ4v) is 1.72. The summed E-state index contributed by atoms with van der Waals surface area (Å²) in [5.74, 6) is 0.319. The predicted octanol–water partition coefficient (Wildman–Crippen LogP) is 2.28. The molecule has 0 saturated carbocycles. The lowest BCUT2D eigenvalue weighted by Crippen LogP contribution is -2.32. The fourth-order valence-electron chi connectivity index (χ4n) is 1.62. The normalized spacial score (nSPS) is 10.0. The second-order valence-electron chi connectivity index (χ2n) is 3.96. The van der Waals surface area contributed by atoms with Crippen LogP contribution >= 0.6 is 11.6 Å². The van der Waals surface area contributed by atoms with Crippen molar-refractivity contribution in [3.8, 4) is 6.07 Å². The highest BCUT2D eigenvalue weighted by atomic mass is 35.5. The Balaban J connectivity index is 2.15. The van der Waals surface area contributed by atoms with E-state index in [9.17, 15) is 4.79 Å². The predicted molar refractivity (Wildman–Crippen MR) is 70.7 cm³/mol. The van der Waals surface area contributed by atoms with Gasteiger partial charge in [-0.15, -0.1) is 10.2 Å². The van der Waals surface area contributed by atoms with Crippen LogP contribution in [0.1, 0.15) is 22.7 Å². The molecule has 0 aliphatic rings. The molecule has 0 saturated heterocycles. The molecule has 0 unspecified atom stereocenters. The highest BCUT2D eigenvalue weighted by Gasteiger charge is 2.18. The number of amides is 1. The van der Waals surface area contributed by atoms with Gasteiger partial charge >= 0.3 is 0 Å². The molecule has 0 bridgehead atoms. The summed E-state index contributed by atoms with van der Waals surface area (Å²) in [5.41, 5.74) is 0.180. The molecule has 0 radical (unpaired) electrons. The zero-order chi connectivity index (χ0) is 14.4. The van der Waals surface area contributed by atoms with Crippen LogP contribution in [0.3, 0.4) is 0 Å². The molecule has 0 aromatic carbocycles. The molecule has 6 nitrogen and oxygen atoms in total. The monoisotopic (exact) mass is 290 g/mol. The number of rotatable bonds is 5. The van der Waals surface area contributed by atoms with E-state index in [1.54, 1.807) is 12.1 Å². The van der Waals surface area contributed by atoms with Crippen molar-refractivity contribution in [2.75, 3.05) is 6.54 Å². The molecule has 20 heavy (non-hydrogen) atoms. The van der Waals surface area contributed by atoms with Crippen LogP contribution in [0.2, 0.25) is 5.15 Å². The number of furan rings is 1. The van der Waals surface area contributed by atoms with E-state index in [4.69, 9.17) is 21.3 Å². The first kappa shape index (κ1) is 14.0. The first-order chi connectivity index (χ1) is 9.70. The molecule has 0 atom stereocenters. The van der Waals surface area contributed by atoms with Crippen LogP contribution in [0.15, 0.2) is 34.9 Å². The first-order valence-electron chi connectivity index (χ1n) is 5.88. The molecule has 0 fully saturated rings. The Morgan fingerprint density at radius 3 is 2.85 bits per heavy atom. The minimum Gasteiger partial charge on any atom is -0.467 e. The summed E-state index contributed by atoms with van der Waals surface area (Å²) < 4.78 is 5.22. The minimum atomic E-state index is -0.319. The van der Waals surface area contributed by atoms with Gasteiger partial charge in [0.1, 0.15) is 5.76 Å². The van der Waals surface area contributed by atoms with E-state index < -0.39 is 0 Å². The number of hydrogen-bond acceptors (Lipinski definition) is 5. The van der Waals surface area contributed by atoms with Crippen molar-refractivity contribution in [1.82, 2.24) is 15.1 Å². The van der Waals surface area contributed by atoms with Gasteiger partial charge in [0.05, 0.1) is 25.3 Å². The van der Waals surface area contributed by atoms with Crippen LogP contribution in [-0.4, -0.2) is 27.5 Å². The Kier molecular flexibility index (Phi) is 4.69. The number of halogens is 1. The first-order valence-corrected chi connectivity index (χ1v) is 6.26. The van der Waals surface area contributed by atoms with E-state index in [0.29, 0.717) is 12.3 Å². The van der Waals surface area contributed by atoms with Crippen LogP contribution in [0.5, 0.6) is 0 Å². The Morgan fingerprint density at radius 2 is 2.25 bits per heavy atom. The number of nitrogens with zero attached hydrogens (tertiary/aromatic N) is 4. The summed E-state index contributed by atoms with van der Waals surface area (Å²) in [5, 5.41) is 16.3. The van der Waals surface area contributed by atoms with E-state index in [1.165, 1.54) is 23.3 Å². The van der Waals surface area contributed by atoms with Gasteiger partial charge in [-0.25, -0.2) is 0 Å². The Hall–Kier alpha value is -2.39. The van der Waals surface area contributed by atoms with Crippen LogP contribution in [0.4, 0.5) is 0 Å². The second-order valence-corrected chi connectivity index (χ2v) is 4.34. The van der Waals surface area contributed by atoms with Crippen molar-refractivity contribution < 1.29 is 9.21 Å². The summed E-state index contributed by atoms with van der Waals surface area (Å²) in [6, 6.07) is 8.51. The van der Waals surface area contributed by atoms with E-state index in [0.717, 1.165) is 0 Å². The molecule has 2 rings (SSSR count). The molecule has 1 amide bonds. The van der Waals surface area contributed by atoms with Gasteiger partial charge < -0.3 is 9.32 Å².